The predicted molar refractivity (Wildman–Crippen MR) is 101 cm³/mol. The molecule has 0 spiro atoms. The van der Waals surface area contributed by atoms with Gasteiger partial charge in [-0.25, -0.2) is 4.98 Å². The number of rotatable bonds is 5. The smallest absolute Gasteiger partial charge is 0.137 e. The van der Waals surface area contributed by atoms with Crippen LogP contribution in [-0.2, 0) is 6.42 Å². The number of aromatic nitrogens is 2. The van der Waals surface area contributed by atoms with Crippen LogP contribution in [0.1, 0.15) is 25.5 Å². The van der Waals surface area contributed by atoms with Gasteiger partial charge in [-0.1, -0.05) is 12.1 Å². The normalized spacial score (nSPS) is 18.1. The van der Waals surface area contributed by atoms with Gasteiger partial charge in [0.2, 0.25) is 0 Å². The summed E-state index contributed by atoms with van der Waals surface area (Å²) in [7, 11) is 1.69. The topological polar surface area (TPSA) is 29.8 Å². The number of imidazole rings is 1. The number of nitrogens with zero attached hydrogens (tertiary/aromatic N) is 3. The molecule has 1 fully saturated rings. The van der Waals surface area contributed by atoms with Crippen LogP contribution in [0.2, 0.25) is 0 Å². The lowest BCUT2D eigenvalue weighted by Crippen LogP contribution is -2.29. The van der Waals surface area contributed by atoms with Crippen LogP contribution in [0.3, 0.4) is 0 Å². The molecule has 0 aliphatic carbocycles. The molecule has 0 N–H and O–H groups in total. The number of pyridine rings is 1. The molecule has 25 heavy (non-hydrogen) atoms. The fourth-order valence-electron chi connectivity index (χ4n) is 3.70. The van der Waals surface area contributed by atoms with Crippen molar-refractivity contribution >= 4 is 5.65 Å². The molecule has 1 atom stereocenters. The third kappa shape index (κ3) is 3.40. The van der Waals surface area contributed by atoms with E-state index in [0.29, 0.717) is 0 Å². The van der Waals surface area contributed by atoms with Gasteiger partial charge in [0.1, 0.15) is 11.4 Å². The highest BCUT2D eigenvalue weighted by Gasteiger charge is 2.19. The Balaban J connectivity index is 1.52. The molecule has 0 radical (unpaired) electrons. The molecule has 3 aromatic rings. The highest BCUT2D eigenvalue weighted by Crippen LogP contribution is 2.23. The lowest BCUT2D eigenvalue weighted by atomic mass is 10.1. The largest absolute Gasteiger partial charge is 0.497 e. The van der Waals surface area contributed by atoms with Crippen LogP contribution in [-0.4, -0.2) is 40.5 Å². The lowest BCUT2D eigenvalue weighted by molar-refractivity contribution is 0.271. The molecule has 1 aliphatic heterocycles. The van der Waals surface area contributed by atoms with Crippen molar-refractivity contribution in [3.8, 4) is 16.9 Å². The van der Waals surface area contributed by atoms with Crippen LogP contribution >= 0.6 is 0 Å². The fraction of sp³-hybridized carbons (Fsp3) is 0.381. The highest BCUT2D eigenvalue weighted by molar-refractivity contribution is 5.65. The van der Waals surface area contributed by atoms with Crippen LogP contribution in [0.15, 0.2) is 48.8 Å². The van der Waals surface area contributed by atoms with E-state index in [1.165, 1.54) is 36.2 Å². The van der Waals surface area contributed by atoms with Crippen molar-refractivity contribution in [2.75, 3.05) is 20.2 Å². The summed E-state index contributed by atoms with van der Waals surface area (Å²) in [5, 5.41) is 0. The zero-order valence-corrected chi connectivity index (χ0v) is 15.0. The Kier molecular flexibility index (Phi) is 4.45. The van der Waals surface area contributed by atoms with Gasteiger partial charge < -0.3 is 14.0 Å². The standard InChI is InChI=1S/C21H25N3O/c1-16-4-3-12-23(16)13-11-19-15-24-14-18(7-10-21(24)22-19)17-5-8-20(25-2)9-6-17/h5-10,14-16H,3-4,11-13H2,1-2H3. The first-order chi connectivity index (χ1) is 12.2. The van der Waals surface area contributed by atoms with Gasteiger partial charge in [-0.15, -0.1) is 0 Å². The summed E-state index contributed by atoms with van der Waals surface area (Å²) in [4.78, 5) is 7.35. The van der Waals surface area contributed by atoms with Crippen molar-refractivity contribution in [1.82, 2.24) is 14.3 Å². The van der Waals surface area contributed by atoms with Gasteiger partial charge in [-0.2, -0.15) is 0 Å². The Bertz CT molecular complexity index is 853. The van der Waals surface area contributed by atoms with Gasteiger partial charge in [0.25, 0.3) is 0 Å². The molecule has 4 rings (SSSR count). The monoisotopic (exact) mass is 335 g/mol. The van der Waals surface area contributed by atoms with Gasteiger partial charge in [-0.3, -0.25) is 0 Å². The molecule has 1 aromatic carbocycles. The fourth-order valence-corrected chi connectivity index (χ4v) is 3.70. The number of hydrogen-bond acceptors (Lipinski definition) is 3. The minimum absolute atomic E-state index is 0.721. The van der Waals surface area contributed by atoms with Gasteiger partial charge in [0.15, 0.2) is 0 Å². The summed E-state index contributed by atoms with van der Waals surface area (Å²) in [6, 6.07) is 13.1. The number of hydrogen-bond donors (Lipinski definition) is 0. The molecule has 2 aromatic heterocycles. The quantitative estimate of drug-likeness (QED) is 0.705. The Morgan fingerprint density at radius 1 is 1.08 bits per heavy atom. The maximum atomic E-state index is 5.24. The number of benzene rings is 1. The minimum Gasteiger partial charge on any atom is -0.497 e. The average molecular weight is 335 g/mol. The number of ether oxygens (including phenoxy) is 1. The number of fused-ring (bicyclic) bond motifs is 1. The van der Waals surface area contributed by atoms with Crippen LogP contribution in [0.4, 0.5) is 0 Å². The first-order valence-electron chi connectivity index (χ1n) is 9.09. The van der Waals surface area contributed by atoms with E-state index in [1.54, 1.807) is 7.11 Å². The van der Waals surface area contributed by atoms with E-state index in [1.807, 2.05) is 12.1 Å². The van der Waals surface area contributed by atoms with E-state index in [0.717, 1.165) is 30.4 Å². The third-order valence-corrected chi connectivity index (χ3v) is 5.27. The van der Waals surface area contributed by atoms with E-state index in [9.17, 15) is 0 Å². The SMILES string of the molecule is COc1ccc(-c2ccc3nc(CCN4CCCC4C)cn3c2)cc1. The van der Waals surface area contributed by atoms with E-state index in [-0.39, 0.29) is 0 Å². The number of methoxy groups -OCH3 is 1. The van der Waals surface area contributed by atoms with Crippen LogP contribution in [0, 0.1) is 0 Å². The van der Waals surface area contributed by atoms with Crippen molar-refractivity contribution in [2.45, 2.75) is 32.2 Å². The van der Waals surface area contributed by atoms with Crippen LogP contribution < -0.4 is 4.74 Å². The lowest BCUT2D eigenvalue weighted by Gasteiger charge is -2.19. The molecule has 1 aliphatic rings. The molecule has 0 saturated carbocycles. The predicted octanol–water partition coefficient (Wildman–Crippen LogP) is 4.04. The molecule has 4 heteroatoms. The maximum Gasteiger partial charge on any atom is 0.137 e. The van der Waals surface area contributed by atoms with E-state index >= 15 is 0 Å². The summed E-state index contributed by atoms with van der Waals surface area (Å²) in [5.41, 5.74) is 4.56. The van der Waals surface area contributed by atoms with E-state index < -0.39 is 0 Å². The first-order valence-corrected chi connectivity index (χ1v) is 9.09. The van der Waals surface area contributed by atoms with Crippen molar-refractivity contribution in [1.29, 1.82) is 0 Å². The van der Waals surface area contributed by atoms with Crippen LogP contribution in [0.5, 0.6) is 5.75 Å². The van der Waals surface area contributed by atoms with Crippen LogP contribution in [0.25, 0.3) is 16.8 Å². The Hall–Kier alpha value is -2.33. The molecular weight excluding hydrogens is 310 g/mol. The summed E-state index contributed by atoms with van der Waals surface area (Å²) < 4.78 is 7.38. The molecule has 0 bridgehead atoms. The van der Waals surface area contributed by atoms with Gasteiger partial charge in [0, 0.05) is 31.4 Å². The van der Waals surface area contributed by atoms with Gasteiger partial charge in [-0.05, 0) is 61.7 Å². The summed E-state index contributed by atoms with van der Waals surface area (Å²) >= 11 is 0. The minimum atomic E-state index is 0.721. The van der Waals surface area contributed by atoms with Crippen molar-refractivity contribution in [2.24, 2.45) is 0 Å². The summed E-state index contributed by atoms with van der Waals surface area (Å²) in [6.45, 7) is 4.67. The van der Waals surface area contributed by atoms with Crippen molar-refractivity contribution in [3.63, 3.8) is 0 Å². The molecule has 0 amide bonds. The zero-order chi connectivity index (χ0) is 17.2. The highest BCUT2D eigenvalue weighted by atomic mass is 16.5. The Morgan fingerprint density at radius 3 is 2.60 bits per heavy atom. The van der Waals surface area contributed by atoms with E-state index in [4.69, 9.17) is 9.72 Å². The molecule has 1 unspecified atom stereocenters. The summed E-state index contributed by atoms with van der Waals surface area (Å²) in [5.74, 6) is 0.880. The van der Waals surface area contributed by atoms with E-state index in [2.05, 4.69) is 52.9 Å². The first kappa shape index (κ1) is 16.2. The van der Waals surface area contributed by atoms with Gasteiger partial charge in [0.05, 0.1) is 12.8 Å². The second-order valence-corrected chi connectivity index (χ2v) is 6.92. The van der Waals surface area contributed by atoms with Crippen molar-refractivity contribution in [3.05, 3.63) is 54.5 Å². The molecular formula is C21H25N3O. The second-order valence-electron chi connectivity index (χ2n) is 6.92. The van der Waals surface area contributed by atoms with Gasteiger partial charge >= 0.3 is 0 Å². The summed E-state index contributed by atoms with van der Waals surface area (Å²) in [6.07, 6.45) is 8.01. The second kappa shape index (κ2) is 6.89. The molecule has 4 nitrogen and oxygen atoms in total. The maximum absolute atomic E-state index is 5.24. The Morgan fingerprint density at radius 2 is 1.88 bits per heavy atom. The Labute approximate surface area is 149 Å². The molecule has 3 heterocycles. The molecule has 130 valence electrons. The zero-order valence-electron chi connectivity index (χ0n) is 15.0. The number of likely N-dealkylation sites (tertiary alicyclic amines) is 1. The average Bonchev–Trinajstić information content (AvgIpc) is 3.24. The van der Waals surface area contributed by atoms with Crippen molar-refractivity contribution < 1.29 is 4.74 Å². The molecule has 1 saturated heterocycles. The third-order valence-electron chi connectivity index (χ3n) is 5.27.